The first-order chi connectivity index (χ1) is 16.8. The number of fused-ring (bicyclic) bond motifs is 3. The van der Waals surface area contributed by atoms with E-state index in [1.54, 1.807) is 0 Å². The first kappa shape index (κ1) is 26.4. The lowest BCUT2D eigenvalue weighted by atomic mass is 9.98. The van der Waals surface area contributed by atoms with E-state index in [9.17, 15) is 14.4 Å². The van der Waals surface area contributed by atoms with Crippen molar-refractivity contribution in [3.63, 3.8) is 0 Å². The Morgan fingerprint density at radius 2 is 1.57 bits per heavy atom. The molecule has 0 radical (unpaired) electrons. The van der Waals surface area contributed by atoms with Crippen molar-refractivity contribution < 1.29 is 23.9 Å². The minimum absolute atomic E-state index is 0.0308. The van der Waals surface area contributed by atoms with E-state index in [1.165, 1.54) is 25.2 Å². The second-order valence-electron chi connectivity index (χ2n) is 9.52. The van der Waals surface area contributed by atoms with Gasteiger partial charge in [-0.25, -0.2) is 4.79 Å². The van der Waals surface area contributed by atoms with E-state index in [1.807, 2.05) is 38.1 Å². The van der Waals surface area contributed by atoms with Gasteiger partial charge in [0.2, 0.25) is 0 Å². The number of methoxy groups -OCH3 is 1. The minimum Gasteiger partial charge on any atom is -0.468 e. The van der Waals surface area contributed by atoms with Crippen LogP contribution in [-0.2, 0) is 19.1 Å². The van der Waals surface area contributed by atoms with Gasteiger partial charge in [-0.1, -0.05) is 62.4 Å². The van der Waals surface area contributed by atoms with Gasteiger partial charge in [0.1, 0.15) is 18.4 Å². The maximum Gasteiger partial charge on any atom is 0.407 e. The highest BCUT2D eigenvalue weighted by atomic mass is 16.5. The number of alkyl carbamates (subject to hydrolysis) is 1. The van der Waals surface area contributed by atoms with Crippen molar-refractivity contribution in [3.05, 3.63) is 59.7 Å². The van der Waals surface area contributed by atoms with Gasteiger partial charge < -0.3 is 24.9 Å². The number of Topliss-reactive ketones (excluding diaryl/α,β-unsaturated/α-hetero) is 1. The number of hydrogen-bond donors (Lipinski definition) is 2. The van der Waals surface area contributed by atoms with Crippen molar-refractivity contribution >= 4 is 17.8 Å². The van der Waals surface area contributed by atoms with E-state index in [0.717, 1.165) is 11.1 Å². The van der Waals surface area contributed by atoms with Gasteiger partial charge in [0, 0.05) is 24.9 Å². The molecule has 1 aliphatic rings. The standard InChI is InChI=1S/C28H36N2O5/c1-18(2)15-26(27(32)34-4)29-16-20(14-13-19(3)31)30-28(33)35-17-25-23-11-7-5-9-21(23)22-10-6-8-12-24(22)25/h5-12,18,20,25-26,29H,13-17H2,1-4H3,(H,30,33)/t20-,26+/m0/s1. The Hall–Kier alpha value is -3.19. The molecule has 2 atom stereocenters. The largest absolute Gasteiger partial charge is 0.468 e. The molecule has 1 aliphatic carbocycles. The van der Waals surface area contributed by atoms with Gasteiger partial charge in [-0.2, -0.15) is 0 Å². The molecular formula is C28H36N2O5. The molecule has 1 amide bonds. The summed E-state index contributed by atoms with van der Waals surface area (Å²) in [6.07, 6.45) is 0.836. The normalized spacial score (nSPS) is 14.1. The molecule has 7 heteroatoms. The number of carbonyl (C=O) groups is 3. The summed E-state index contributed by atoms with van der Waals surface area (Å²) in [6, 6.07) is 15.5. The Kier molecular flexibility index (Phi) is 9.43. The number of esters is 1. The van der Waals surface area contributed by atoms with Crippen LogP contribution in [0.15, 0.2) is 48.5 Å². The van der Waals surface area contributed by atoms with Gasteiger partial charge >= 0.3 is 12.1 Å². The Morgan fingerprint density at radius 1 is 0.971 bits per heavy atom. The lowest BCUT2D eigenvalue weighted by Crippen LogP contribution is -2.48. The molecule has 0 aliphatic heterocycles. The molecular weight excluding hydrogens is 444 g/mol. The van der Waals surface area contributed by atoms with Crippen molar-refractivity contribution in [1.82, 2.24) is 10.6 Å². The molecule has 35 heavy (non-hydrogen) atoms. The van der Waals surface area contributed by atoms with Crippen molar-refractivity contribution in [2.24, 2.45) is 5.92 Å². The van der Waals surface area contributed by atoms with Gasteiger partial charge in [0.15, 0.2) is 0 Å². The van der Waals surface area contributed by atoms with Crippen LogP contribution in [0.4, 0.5) is 4.79 Å². The van der Waals surface area contributed by atoms with Crippen molar-refractivity contribution in [2.75, 3.05) is 20.3 Å². The smallest absolute Gasteiger partial charge is 0.407 e. The van der Waals surface area contributed by atoms with Gasteiger partial charge in [0.25, 0.3) is 0 Å². The number of hydrogen-bond acceptors (Lipinski definition) is 6. The molecule has 2 aromatic carbocycles. The van der Waals surface area contributed by atoms with E-state index in [-0.39, 0.29) is 36.2 Å². The topological polar surface area (TPSA) is 93.7 Å². The third-order valence-electron chi connectivity index (χ3n) is 6.31. The van der Waals surface area contributed by atoms with Crippen LogP contribution < -0.4 is 10.6 Å². The SMILES string of the molecule is COC(=O)[C@@H](CC(C)C)NC[C@H](CCC(C)=O)NC(=O)OCC1c2ccccc2-c2ccccc21. The molecule has 0 fully saturated rings. The fourth-order valence-electron chi connectivity index (χ4n) is 4.57. The van der Waals surface area contributed by atoms with Gasteiger partial charge in [0.05, 0.1) is 7.11 Å². The van der Waals surface area contributed by atoms with E-state index >= 15 is 0 Å². The first-order valence-corrected chi connectivity index (χ1v) is 12.2. The molecule has 2 N–H and O–H groups in total. The lowest BCUT2D eigenvalue weighted by Gasteiger charge is -2.24. The molecule has 0 unspecified atom stereocenters. The Bertz CT molecular complexity index is 990. The predicted octanol–water partition coefficient (Wildman–Crippen LogP) is 4.44. The van der Waals surface area contributed by atoms with Crippen molar-refractivity contribution in [2.45, 2.75) is 58.0 Å². The van der Waals surface area contributed by atoms with Crippen LogP contribution in [-0.4, -0.2) is 50.2 Å². The summed E-state index contributed by atoms with van der Waals surface area (Å²) < 4.78 is 10.6. The summed E-state index contributed by atoms with van der Waals surface area (Å²) in [5.41, 5.74) is 4.62. The summed E-state index contributed by atoms with van der Waals surface area (Å²) in [7, 11) is 1.36. The van der Waals surface area contributed by atoms with Gasteiger partial charge in [-0.05, 0) is 47.9 Å². The highest BCUT2D eigenvalue weighted by molar-refractivity contribution is 5.79. The average Bonchev–Trinajstić information content (AvgIpc) is 3.16. The van der Waals surface area contributed by atoms with Crippen LogP contribution in [0, 0.1) is 5.92 Å². The fraction of sp³-hybridized carbons (Fsp3) is 0.464. The molecule has 2 aromatic rings. The highest BCUT2D eigenvalue weighted by Crippen LogP contribution is 2.44. The first-order valence-electron chi connectivity index (χ1n) is 12.2. The molecule has 188 valence electrons. The fourth-order valence-corrected chi connectivity index (χ4v) is 4.57. The van der Waals surface area contributed by atoms with E-state index in [0.29, 0.717) is 25.8 Å². The van der Waals surface area contributed by atoms with E-state index < -0.39 is 12.1 Å². The van der Waals surface area contributed by atoms with Crippen molar-refractivity contribution in [1.29, 1.82) is 0 Å². The van der Waals surface area contributed by atoms with Crippen molar-refractivity contribution in [3.8, 4) is 11.1 Å². The Morgan fingerprint density at radius 3 is 2.11 bits per heavy atom. The summed E-state index contributed by atoms with van der Waals surface area (Å²) in [5.74, 6) is -0.0461. The monoisotopic (exact) mass is 480 g/mol. The zero-order valence-corrected chi connectivity index (χ0v) is 21.0. The summed E-state index contributed by atoms with van der Waals surface area (Å²) in [4.78, 5) is 36.5. The molecule has 0 saturated heterocycles. The Balaban J connectivity index is 1.62. The van der Waals surface area contributed by atoms with Crippen LogP contribution >= 0.6 is 0 Å². The Labute approximate surface area is 207 Å². The van der Waals surface area contributed by atoms with Gasteiger partial charge in [-0.15, -0.1) is 0 Å². The number of ketones is 1. The number of carbonyl (C=O) groups excluding carboxylic acids is 3. The van der Waals surface area contributed by atoms with Crippen LogP contribution in [0.25, 0.3) is 11.1 Å². The third-order valence-corrected chi connectivity index (χ3v) is 6.31. The maximum absolute atomic E-state index is 12.8. The zero-order valence-electron chi connectivity index (χ0n) is 21.0. The second kappa shape index (κ2) is 12.5. The van der Waals surface area contributed by atoms with Crippen LogP contribution in [0.5, 0.6) is 0 Å². The van der Waals surface area contributed by atoms with Gasteiger partial charge in [-0.3, -0.25) is 4.79 Å². The molecule has 0 saturated carbocycles. The summed E-state index contributed by atoms with van der Waals surface area (Å²) in [5, 5.41) is 6.08. The molecule has 0 heterocycles. The van der Waals surface area contributed by atoms with Crippen LogP contribution in [0.3, 0.4) is 0 Å². The number of benzene rings is 2. The molecule has 7 nitrogen and oxygen atoms in total. The number of nitrogens with one attached hydrogen (secondary N) is 2. The second-order valence-corrected chi connectivity index (χ2v) is 9.52. The quantitative estimate of drug-likeness (QED) is 0.436. The highest BCUT2D eigenvalue weighted by Gasteiger charge is 2.29. The zero-order chi connectivity index (χ0) is 25.4. The summed E-state index contributed by atoms with van der Waals surface area (Å²) >= 11 is 0. The number of rotatable bonds is 12. The minimum atomic E-state index is -0.541. The molecule has 0 spiro atoms. The maximum atomic E-state index is 12.8. The predicted molar refractivity (Wildman–Crippen MR) is 135 cm³/mol. The molecule has 0 bridgehead atoms. The third kappa shape index (κ3) is 7.15. The van der Waals surface area contributed by atoms with Crippen LogP contribution in [0.1, 0.15) is 57.1 Å². The van der Waals surface area contributed by atoms with E-state index in [4.69, 9.17) is 9.47 Å². The summed E-state index contributed by atoms with van der Waals surface area (Å²) in [6.45, 7) is 6.11. The lowest BCUT2D eigenvalue weighted by molar-refractivity contribution is -0.143. The number of ether oxygens (including phenoxy) is 2. The van der Waals surface area contributed by atoms with E-state index in [2.05, 4.69) is 34.9 Å². The number of amides is 1. The molecule has 0 aromatic heterocycles. The molecule has 3 rings (SSSR count). The van der Waals surface area contributed by atoms with Crippen LogP contribution in [0.2, 0.25) is 0 Å². The average molecular weight is 481 g/mol.